The summed E-state index contributed by atoms with van der Waals surface area (Å²) in [6.07, 6.45) is -5.14. The molecule has 0 saturated heterocycles. The first-order chi connectivity index (χ1) is 6.66. The second-order valence-corrected chi connectivity index (χ2v) is 5.82. The van der Waals surface area contributed by atoms with Gasteiger partial charge in [0.15, 0.2) is 9.84 Å². The van der Waals surface area contributed by atoms with Gasteiger partial charge in [0, 0.05) is 18.3 Å². The fraction of sp³-hybridized carbons (Fsp3) is 1.00. The predicted molar refractivity (Wildman–Crippen MR) is 52.5 cm³/mol. The second-order valence-electron chi connectivity index (χ2n) is 3.42. The molecule has 3 nitrogen and oxygen atoms in total. The summed E-state index contributed by atoms with van der Waals surface area (Å²) < 4.78 is 57.5. The SMILES string of the molecule is CCS(=O)(=O)CC(C)NCCC(F)(F)F. The van der Waals surface area contributed by atoms with Gasteiger partial charge in [0.05, 0.1) is 12.2 Å². The molecule has 0 aliphatic rings. The van der Waals surface area contributed by atoms with Crippen LogP contribution in [0.1, 0.15) is 20.3 Å². The molecule has 0 aliphatic heterocycles. The standard InChI is InChI=1S/C8H16F3NO2S/c1-3-15(13,14)6-7(2)12-5-4-8(9,10)11/h7,12H,3-6H2,1-2H3. The molecule has 0 saturated carbocycles. The van der Waals surface area contributed by atoms with Crippen molar-refractivity contribution in [3.63, 3.8) is 0 Å². The summed E-state index contributed by atoms with van der Waals surface area (Å²) in [5.41, 5.74) is 0. The van der Waals surface area contributed by atoms with E-state index in [0.717, 1.165) is 0 Å². The Bertz CT molecular complexity index is 274. The van der Waals surface area contributed by atoms with Crippen LogP contribution in [0, 0.1) is 0 Å². The quantitative estimate of drug-likeness (QED) is 0.770. The minimum Gasteiger partial charge on any atom is -0.313 e. The summed E-state index contributed by atoms with van der Waals surface area (Å²) in [6, 6.07) is -0.447. The largest absolute Gasteiger partial charge is 0.390 e. The average Bonchev–Trinajstić information content (AvgIpc) is 2.00. The molecule has 7 heteroatoms. The normalized spacial score (nSPS) is 15.3. The maximum Gasteiger partial charge on any atom is 0.390 e. The van der Waals surface area contributed by atoms with Crippen molar-refractivity contribution in [3.8, 4) is 0 Å². The second kappa shape index (κ2) is 5.69. The van der Waals surface area contributed by atoms with Crippen molar-refractivity contribution < 1.29 is 21.6 Å². The van der Waals surface area contributed by atoms with Crippen LogP contribution in [0.2, 0.25) is 0 Å². The Morgan fingerprint density at radius 3 is 2.27 bits per heavy atom. The van der Waals surface area contributed by atoms with Crippen molar-refractivity contribution in [2.45, 2.75) is 32.5 Å². The zero-order valence-electron chi connectivity index (χ0n) is 8.76. The van der Waals surface area contributed by atoms with Crippen LogP contribution < -0.4 is 5.32 Å². The lowest BCUT2D eigenvalue weighted by Gasteiger charge is -2.14. The highest BCUT2D eigenvalue weighted by atomic mass is 32.2. The van der Waals surface area contributed by atoms with Crippen LogP contribution in [0.5, 0.6) is 0 Å². The molecule has 15 heavy (non-hydrogen) atoms. The molecule has 0 spiro atoms. The van der Waals surface area contributed by atoms with Gasteiger partial charge in [0.2, 0.25) is 0 Å². The lowest BCUT2D eigenvalue weighted by molar-refractivity contribution is -0.133. The molecule has 0 aliphatic carbocycles. The molecule has 0 radical (unpaired) electrons. The number of alkyl halides is 3. The topological polar surface area (TPSA) is 46.2 Å². The molecular formula is C8H16F3NO2S. The lowest BCUT2D eigenvalue weighted by atomic mass is 10.3. The molecule has 1 N–H and O–H groups in total. The summed E-state index contributed by atoms with van der Waals surface area (Å²) in [6.45, 7) is 2.82. The van der Waals surface area contributed by atoms with Crippen molar-refractivity contribution >= 4 is 9.84 Å². The summed E-state index contributed by atoms with van der Waals surface area (Å²) in [5, 5.41) is 2.53. The van der Waals surface area contributed by atoms with E-state index < -0.39 is 28.5 Å². The van der Waals surface area contributed by atoms with Gasteiger partial charge in [-0.25, -0.2) is 8.42 Å². The first-order valence-electron chi connectivity index (χ1n) is 4.67. The highest BCUT2D eigenvalue weighted by Crippen LogP contribution is 2.18. The van der Waals surface area contributed by atoms with Crippen molar-refractivity contribution in [2.75, 3.05) is 18.1 Å². The van der Waals surface area contributed by atoms with Gasteiger partial charge in [-0.2, -0.15) is 13.2 Å². The molecule has 0 amide bonds. The molecule has 0 aromatic carbocycles. The zero-order chi connectivity index (χ0) is 12.1. The summed E-state index contributed by atoms with van der Waals surface area (Å²) in [7, 11) is -3.13. The minimum atomic E-state index is -4.20. The first kappa shape index (κ1) is 14.7. The van der Waals surface area contributed by atoms with E-state index in [1.54, 1.807) is 6.92 Å². The molecular weight excluding hydrogens is 231 g/mol. The Labute approximate surface area is 88.0 Å². The van der Waals surface area contributed by atoms with Gasteiger partial charge in [0.1, 0.15) is 0 Å². The molecule has 0 fully saturated rings. The number of hydrogen-bond acceptors (Lipinski definition) is 3. The Morgan fingerprint density at radius 1 is 1.33 bits per heavy atom. The van der Waals surface area contributed by atoms with E-state index in [4.69, 9.17) is 0 Å². The molecule has 1 unspecified atom stereocenters. The van der Waals surface area contributed by atoms with Gasteiger partial charge in [0.25, 0.3) is 0 Å². The highest BCUT2D eigenvalue weighted by molar-refractivity contribution is 7.91. The van der Waals surface area contributed by atoms with Crippen LogP contribution >= 0.6 is 0 Å². The average molecular weight is 247 g/mol. The van der Waals surface area contributed by atoms with Crippen molar-refractivity contribution in [2.24, 2.45) is 0 Å². The van der Waals surface area contributed by atoms with Crippen molar-refractivity contribution in [3.05, 3.63) is 0 Å². The van der Waals surface area contributed by atoms with Crippen molar-refractivity contribution in [1.29, 1.82) is 0 Å². The summed E-state index contributed by atoms with van der Waals surface area (Å²) in [5.74, 6) is -0.111. The Hall–Kier alpha value is -0.300. The summed E-state index contributed by atoms with van der Waals surface area (Å²) in [4.78, 5) is 0. The van der Waals surface area contributed by atoms with Crippen LogP contribution in [-0.4, -0.2) is 38.7 Å². The molecule has 92 valence electrons. The molecule has 0 heterocycles. The van der Waals surface area contributed by atoms with E-state index in [2.05, 4.69) is 5.32 Å². The Kier molecular flexibility index (Phi) is 5.58. The third kappa shape index (κ3) is 8.68. The third-order valence-electron chi connectivity index (χ3n) is 1.85. The number of nitrogens with one attached hydrogen (secondary N) is 1. The molecule has 0 aromatic heterocycles. The van der Waals surface area contributed by atoms with E-state index >= 15 is 0 Å². The predicted octanol–water partition coefficient (Wildman–Crippen LogP) is 1.35. The van der Waals surface area contributed by atoms with Gasteiger partial charge in [-0.05, 0) is 6.92 Å². The van der Waals surface area contributed by atoms with Crippen LogP contribution in [0.3, 0.4) is 0 Å². The maximum absolute atomic E-state index is 11.8. The monoisotopic (exact) mass is 247 g/mol. The molecule has 1 atom stereocenters. The number of rotatable bonds is 6. The first-order valence-corrected chi connectivity index (χ1v) is 6.49. The molecule has 0 bridgehead atoms. The fourth-order valence-corrected chi connectivity index (χ4v) is 2.13. The van der Waals surface area contributed by atoms with E-state index in [-0.39, 0.29) is 18.1 Å². The number of sulfone groups is 1. The van der Waals surface area contributed by atoms with Crippen molar-refractivity contribution in [1.82, 2.24) is 5.32 Å². The van der Waals surface area contributed by atoms with Gasteiger partial charge in [-0.15, -0.1) is 0 Å². The smallest absolute Gasteiger partial charge is 0.313 e. The van der Waals surface area contributed by atoms with Crippen LogP contribution in [0.25, 0.3) is 0 Å². The zero-order valence-corrected chi connectivity index (χ0v) is 9.58. The lowest BCUT2D eigenvalue weighted by Crippen LogP contribution is -2.35. The van der Waals surface area contributed by atoms with E-state index in [1.165, 1.54) is 6.92 Å². The number of halogens is 3. The summed E-state index contributed by atoms with van der Waals surface area (Å²) >= 11 is 0. The number of hydrogen-bond donors (Lipinski definition) is 1. The van der Waals surface area contributed by atoms with E-state index in [9.17, 15) is 21.6 Å². The van der Waals surface area contributed by atoms with E-state index in [0.29, 0.717) is 0 Å². The maximum atomic E-state index is 11.8. The minimum absolute atomic E-state index is 0.0122. The third-order valence-corrected chi connectivity index (χ3v) is 3.73. The van der Waals surface area contributed by atoms with E-state index in [1.807, 2.05) is 0 Å². The van der Waals surface area contributed by atoms with Crippen LogP contribution in [0.15, 0.2) is 0 Å². The molecule has 0 rings (SSSR count). The van der Waals surface area contributed by atoms with Gasteiger partial charge >= 0.3 is 6.18 Å². The highest BCUT2D eigenvalue weighted by Gasteiger charge is 2.26. The van der Waals surface area contributed by atoms with Crippen LogP contribution in [0.4, 0.5) is 13.2 Å². The fourth-order valence-electron chi connectivity index (χ4n) is 1.02. The molecule has 0 aromatic rings. The van der Waals surface area contributed by atoms with Crippen LogP contribution in [-0.2, 0) is 9.84 Å². The van der Waals surface area contributed by atoms with Gasteiger partial charge in [-0.3, -0.25) is 0 Å². The Balaban J connectivity index is 3.82. The van der Waals surface area contributed by atoms with Gasteiger partial charge < -0.3 is 5.32 Å². The van der Waals surface area contributed by atoms with Gasteiger partial charge in [-0.1, -0.05) is 6.92 Å². The Morgan fingerprint density at radius 2 is 1.87 bits per heavy atom.